The molecule has 18 heavy (non-hydrogen) atoms. The first-order chi connectivity index (χ1) is 8.68. The van der Waals surface area contributed by atoms with Crippen molar-refractivity contribution in [3.05, 3.63) is 29.0 Å². The highest BCUT2D eigenvalue weighted by molar-refractivity contribution is 5.78. The van der Waals surface area contributed by atoms with Crippen LogP contribution in [0.5, 0.6) is 0 Å². The zero-order valence-corrected chi connectivity index (χ0v) is 8.81. The number of nitrogen functional groups attached to an aromatic ring is 1. The quantitative estimate of drug-likeness (QED) is 0.479. The number of nitrogens with one attached hydrogen (secondary N) is 1. The average molecular weight is 246 g/mol. The second-order valence-corrected chi connectivity index (χ2v) is 3.38. The van der Waals surface area contributed by atoms with Crippen LogP contribution in [-0.2, 0) is 0 Å². The van der Waals surface area contributed by atoms with Gasteiger partial charge in [0.25, 0.3) is 0 Å². The van der Waals surface area contributed by atoms with E-state index >= 15 is 0 Å². The molecule has 3 heterocycles. The summed E-state index contributed by atoms with van der Waals surface area (Å²) in [6.07, 6.45) is 3.79. The topological polar surface area (TPSA) is 141 Å². The third-order valence-electron chi connectivity index (χ3n) is 2.39. The number of hydrogen-bond donors (Lipinski definition) is 2. The summed E-state index contributed by atoms with van der Waals surface area (Å²) in [5.41, 5.74) is 6.31. The molecule has 0 bridgehead atoms. The van der Waals surface area contributed by atoms with E-state index in [1.165, 1.54) is 17.3 Å². The SMILES string of the molecule is Nc1c([N+](=O)[O-])cnn1-c1ncnc2nc[nH]c12. The van der Waals surface area contributed by atoms with Crippen molar-refractivity contribution in [1.82, 2.24) is 29.7 Å². The van der Waals surface area contributed by atoms with Crippen molar-refractivity contribution in [2.45, 2.75) is 0 Å². The highest BCUT2D eigenvalue weighted by Crippen LogP contribution is 2.24. The Labute approximate surface area is 98.6 Å². The highest BCUT2D eigenvalue weighted by Gasteiger charge is 2.21. The smallest absolute Gasteiger partial charge is 0.331 e. The van der Waals surface area contributed by atoms with Gasteiger partial charge in [-0.25, -0.2) is 15.0 Å². The Bertz CT molecular complexity index is 744. The number of rotatable bonds is 2. The van der Waals surface area contributed by atoms with Crippen LogP contribution >= 0.6 is 0 Å². The Morgan fingerprint density at radius 3 is 2.94 bits per heavy atom. The summed E-state index contributed by atoms with van der Waals surface area (Å²) < 4.78 is 1.17. The lowest BCUT2D eigenvalue weighted by Crippen LogP contribution is -2.06. The van der Waals surface area contributed by atoms with Gasteiger partial charge in [-0.2, -0.15) is 9.78 Å². The van der Waals surface area contributed by atoms with E-state index in [1.807, 2.05) is 0 Å². The van der Waals surface area contributed by atoms with E-state index in [0.717, 1.165) is 6.20 Å². The second kappa shape index (κ2) is 3.48. The Kier molecular flexibility index (Phi) is 1.96. The molecule has 0 saturated heterocycles. The molecule has 0 aliphatic rings. The van der Waals surface area contributed by atoms with Gasteiger partial charge in [0.1, 0.15) is 18.0 Å². The maximum Gasteiger partial charge on any atom is 0.331 e. The van der Waals surface area contributed by atoms with Crippen LogP contribution in [0.15, 0.2) is 18.9 Å². The van der Waals surface area contributed by atoms with Crippen molar-refractivity contribution >= 4 is 22.7 Å². The number of nitro groups is 1. The third kappa shape index (κ3) is 1.29. The number of nitrogens with two attached hydrogens (primary N) is 1. The largest absolute Gasteiger partial charge is 0.378 e. The van der Waals surface area contributed by atoms with Gasteiger partial charge >= 0.3 is 5.69 Å². The number of aromatic amines is 1. The molecule has 90 valence electrons. The van der Waals surface area contributed by atoms with Crippen LogP contribution in [0.25, 0.3) is 17.0 Å². The molecule has 0 unspecified atom stereocenters. The molecule has 10 nitrogen and oxygen atoms in total. The molecule has 0 aliphatic heterocycles. The molecule has 3 aromatic heterocycles. The molecule has 0 atom stereocenters. The van der Waals surface area contributed by atoms with E-state index in [2.05, 4.69) is 25.0 Å². The fourth-order valence-electron chi connectivity index (χ4n) is 1.57. The minimum Gasteiger partial charge on any atom is -0.378 e. The molecule has 0 fully saturated rings. The van der Waals surface area contributed by atoms with E-state index in [4.69, 9.17) is 5.73 Å². The van der Waals surface area contributed by atoms with E-state index in [1.54, 1.807) is 0 Å². The number of aromatic nitrogens is 6. The van der Waals surface area contributed by atoms with Gasteiger partial charge in [-0.1, -0.05) is 0 Å². The predicted octanol–water partition coefficient (Wildman–Crippen LogP) is 0.0290. The first-order valence-corrected chi connectivity index (χ1v) is 4.81. The first-order valence-electron chi connectivity index (χ1n) is 4.81. The minimum atomic E-state index is -0.607. The number of fused-ring (bicyclic) bond motifs is 1. The normalized spacial score (nSPS) is 10.9. The van der Waals surface area contributed by atoms with Crippen molar-refractivity contribution in [2.75, 3.05) is 5.73 Å². The maximum absolute atomic E-state index is 10.7. The Hall–Kier alpha value is -3.04. The molecule has 3 aromatic rings. The van der Waals surface area contributed by atoms with Crippen LogP contribution in [-0.4, -0.2) is 34.6 Å². The summed E-state index contributed by atoms with van der Waals surface area (Å²) in [5.74, 6) is 0.206. The van der Waals surface area contributed by atoms with Gasteiger partial charge in [0.2, 0.25) is 5.82 Å². The molecular formula is C8H6N8O2. The van der Waals surface area contributed by atoms with Gasteiger partial charge in [-0.15, -0.1) is 0 Å². The summed E-state index contributed by atoms with van der Waals surface area (Å²) in [4.78, 5) is 24.8. The number of H-pyrrole nitrogens is 1. The number of anilines is 1. The molecule has 10 heteroatoms. The van der Waals surface area contributed by atoms with Crippen molar-refractivity contribution in [1.29, 1.82) is 0 Å². The third-order valence-corrected chi connectivity index (χ3v) is 2.39. The highest BCUT2D eigenvalue weighted by atomic mass is 16.6. The standard InChI is InChI=1S/C8H6N8O2/c9-6-4(16(17)18)1-14-15(6)8-5-7(11-2-10-5)12-3-13-8/h1-3H,9H2,(H,10,11,12,13). The van der Waals surface area contributed by atoms with Crippen LogP contribution in [0.3, 0.4) is 0 Å². The zero-order valence-electron chi connectivity index (χ0n) is 8.81. The first kappa shape index (κ1) is 10.1. The molecule has 0 aliphatic carbocycles. The van der Waals surface area contributed by atoms with Crippen LogP contribution in [0, 0.1) is 10.1 Å². The van der Waals surface area contributed by atoms with Crippen molar-refractivity contribution in [3.63, 3.8) is 0 Å². The summed E-state index contributed by atoms with van der Waals surface area (Å²) >= 11 is 0. The van der Waals surface area contributed by atoms with Crippen molar-refractivity contribution < 1.29 is 4.92 Å². The molecular weight excluding hydrogens is 240 g/mol. The van der Waals surface area contributed by atoms with Crippen LogP contribution < -0.4 is 5.73 Å². The second-order valence-electron chi connectivity index (χ2n) is 3.38. The number of imidazole rings is 1. The predicted molar refractivity (Wildman–Crippen MR) is 59.9 cm³/mol. The van der Waals surface area contributed by atoms with Gasteiger partial charge in [0, 0.05) is 0 Å². The molecule has 3 rings (SSSR count). The lowest BCUT2D eigenvalue weighted by atomic mass is 10.5. The lowest BCUT2D eigenvalue weighted by Gasteiger charge is -2.02. The van der Waals surface area contributed by atoms with Gasteiger partial charge in [0.15, 0.2) is 11.5 Å². The monoisotopic (exact) mass is 246 g/mol. The zero-order chi connectivity index (χ0) is 12.7. The molecule has 0 saturated carbocycles. The van der Waals surface area contributed by atoms with Crippen molar-refractivity contribution in [2.24, 2.45) is 0 Å². The summed E-state index contributed by atoms with van der Waals surface area (Å²) in [5, 5.41) is 14.5. The number of hydrogen-bond acceptors (Lipinski definition) is 7. The Morgan fingerprint density at radius 1 is 1.39 bits per heavy atom. The lowest BCUT2D eigenvalue weighted by molar-refractivity contribution is -0.383. The summed E-state index contributed by atoms with van der Waals surface area (Å²) in [6.45, 7) is 0. The molecule has 0 spiro atoms. The van der Waals surface area contributed by atoms with Crippen LogP contribution in [0.2, 0.25) is 0 Å². The van der Waals surface area contributed by atoms with Crippen LogP contribution in [0.4, 0.5) is 11.5 Å². The van der Waals surface area contributed by atoms with E-state index in [0.29, 0.717) is 17.0 Å². The average Bonchev–Trinajstić information content (AvgIpc) is 2.94. The van der Waals surface area contributed by atoms with Gasteiger partial charge < -0.3 is 10.7 Å². The van der Waals surface area contributed by atoms with E-state index in [9.17, 15) is 10.1 Å². The van der Waals surface area contributed by atoms with Gasteiger partial charge in [0.05, 0.1) is 11.3 Å². The fraction of sp³-hybridized carbons (Fsp3) is 0. The Morgan fingerprint density at radius 2 is 2.22 bits per heavy atom. The molecule has 0 radical (unpaired) electrons. The maximum atomic E-state index is 10.7. The molecule has 0 aromatic carbocycles. The van der Waals surface area contributed by atoms with Gasteiger partial charge in [-0.3, -0.25) is 10.1 Å². The van der Waals surface area contributed by atoms with Gasteiger partial charge in [-0.05, 0) is 0 Å². The van der Waals surface area contributed by atoms with E-state index in [-0.39, 0.29) is 11.5 Å². The van der Waals surface area contributed by atoms with Crippen LogP contribution in [0.1, 0.15) is 0 Å². The Balaban J connectivity index is 2.26. The minimum absolute atomic E-state index is 0.102. The molecule has 0 amide bonds. The summed E-state index contributed by atoms with van der Waals surface area (Å²) in [6, 6.07) is 0. The molecule has 3 N–H and O–H groups in total. The number of nitrogens with zero attached hydrogens (tertiary/aromatic N) is 6. The fourth-order valence-corrected chi connectivity index (χ4v) is 1.57. The summed E-state index contributed by atoms with van der Waals surface area (Å²) in [7, 11) is 0. The van der Waals surface area contributed by atoms with E-state index < -0.39 is 4.92 Å². The van der Waals surface area contributed by atoms with Crippen molar-refractivity contribution in [3.8, 4) is 5.82 Å².